The van der Waals surface area contributed by atoms with E-state index >= 15 is 0 Å². The van der Waals surface area contributed by atoms with Crippen LogP contribution in [0.5, 0.6) is 0 Å². The molecule has 0 bridgehead atoms. The second-order valence-electron chi connectivity index (χ2n) is 4.89. The molecule has 1 aromatic heterocycles. The fourth-order valence-corrected chi connectivity index (χ4v) is 2.00. The Kier molecular flexibility index (Phi) is 7.18. The van der Waals surface area contributed by atoms with Gasteiger partial charge in [0.05, 0.1) is 25.0 Å². The van der Waals surface area contributed by atoms with E-state index in [0.717, 1.165) is 18.8 Å². The number of hydrogen-bond donors (Lipinski definition) is 1. The average molecular weight is 347 g/mol. The number of rotatable bonds is 8. The minimum absolute atomic E-state index is 0.149. The molecule has 0 aliphatic heterocycles. The lowest BCUT2D eigenvalue weighted by atomic mass is 10.3. The molecular weight excluding hydrogens is 324 g/mol. The minimum atomic E-state index is -0.149. The van der Waals surface area contributed by atoms with Crippen molar-refractivity contribution in [3.8, 4) is 0 Å². The van der Waals surface area contributed by atoms with E-state index in [9.17, 15) is 4.79 Å². The molecule has 1 heterocycles. The fraction of sp³-hybridized carbons (Fsp3) is 0.692. The van der Waals surface area contributed by atoms with Gasteiger partial charge in [-0.25, -0.2) is 4.68 Å². The SMILES string of the molecule is COCCn1ncc(NCCN(C)C(C)C)c(Br)c1=O. The maximum absolute atomic E-state index is 12.0. The molecule has 1 N–H and O–H groups in total. The molecule has 0 amide bonds. The molecular formula is C13H23BrN4O2. The third kappa shape index (κ3) is 4.88. The number of nitrogens with one attached hydrogen (secondary N) is 1. The second kappa shape index (κ2) is 8.39. The van der Waals surface area contributed by atoms with Gasteiger partial charge in [0.2, 0.25) is 0 Å². The Morgan fingerprint density at radius 3 is 2.85 bits per heavy atom. The highest BCUT2D eigenvalue weighted by atomic mass is 79.9. The normalized spacial score (nSPS) is 11.3. The van der Waals surface area contributed by atoms with Crippen molar-refractivity contribution in [3.05, 3.63) is 21.0 Å². The van der Waals surface area contributed by atoms with Crippen molar-refractivity contribution in [2.75, 3.05) is 39.2 Å². The molecule has 0 saturated carbocycles. The summed E-state index contributed by atoms with van der Waals surface area (Å²) in [6.07, 6.45) is 1.66. The largest absolute Gasteiger partial charge is 0.383 e. The Labute approximate surface area is 128 Å². The van der Waals surface area contributed by atoms with Crippen LogP contribution in [-0.2, 0) is 11.3 Å². The summed E-state index contributed by atoms with van der Waals surface area (Å²) in [5.41, 5.74) is 0.574. The summed E-state index contributed by atoms with van der Waals surface area (Å²) in [7, 11) is 3.67. The lowest BCUT2D eigenvalue weighted by molar-refractivity contribution is 0.181. The molecule has 0 aromatic carbocycles. The van der Waals surface area contributed by atoms with Crippen LogP contribution < -0.4 is 10.9 Å². The zero-order valence-electron chi connectivity index (χ0n) is 12.5. The summed E-state index contributed by atoms with van der Waals surface area (Å²) in [5, 5.41) is 7.35. The van der Waals surface area contributed by atoms with Gasteiger partial charge in [-0.1, -0.05) is 0 Å². The van der Waals surface area contributed by atoms with Crippen LogP contribution in [0, 0.1) is 0 Å². The third-order valence-electron chi connectivity index (χ3n) is 3.15. The van der Waals surface area contributed by atoms with Gasteiger partial charge in [0.15, 0.2) is 0 Å². The molecule has 7 heteroatoms. The van der Waals surface area contributed by atoms with E-state index in [1.807, 2.05) is 0 Å². The first kappa shape index (κ1) is 17.1. The number of anilines is 1. The topological polar surface area (TPSA) is 59.4 Å². The summed E-state index contributed by atoms with van der Waals surface area (Å²) in [6.45, 7) is 6.87. The highest BCUT2D eigenvalue weighted by molar-refractivity contribution is 9.10. The van der Waals surface area contributed by atoms with Crippen molar-refractivity contribution in [2.45, 2.75) is 26.4 Å². The quantitative estimate of drug-likeness (QED) is 0.771. The van der Waals surface area contributed by atoms with E-state index in [0.29, 0.717) is 23.7 Å². The first-order valence-corrected chi connectivity index (χ1v) is 7.45. The van der Waals surface area contributed by atoms with Crippen molar-refractivity contribution in [1.29, 1.82) is 0 Å². The van der Waals surface area contributed by atoms with Crippen LogP contribution in [0.2, 0.25) is 0 Å². The zero-order chi connectivity index (χ0) is 15.1. The first-order chi connectivity index (χ1) is 9.47. The van der Waals surface area contributed by atoms with E-state index in [1.165, 1.54) is 4.68 Å². The average Bonchev–Trinajstić information content (AvgIpc) is 2.42. The number of likely N-dealkylation sites (N-methyl/N-ethyl adjacent to an activating group) is 1. The van der Waals surface area contributed by atoms with E-state index < -0.39 is 0 Å². The maximum atomic E-state index is 12.0. The predicted molar refractivity (Wildman–Crippen MR) is 84.3 cm³/mol. The van der Waals surface area contributed by atoms with Crippen LogP contribution in [-0.4, -0.2) is 54.6 Å². The smallest absolute Gasteiger partial charge is 0.283 e. The van der Waals surface area contributed by atoms with Crippen LogP contribution in [0.3, 0.4) is 0 Å². The fourth-order valence-electron chi connectivity index (χ4n) is 1.55. The third-order valence-corrected chi connectivity index (χ3v) is 3.92. The Bertz CT molecular complexity index is 476. The summed E-state index contributed by atoms with van der Waals surface area (Å²) in [5.74, 6) is 0. The Morgan fingerprint density at radius 2 is 2.25 bits per heavy atom. The number of nitrogens with zero attached hydrogens (tertiary/aromatic N) is 3. The van der Waals surface area contributed by atoms with E-state index in [-0.39, 0.29) is 5.56 Å². The molecule has 0 aliphatic rings. The van der Waals surface area contributed by atoms with Gasteiger partial charge in [-0.05, 0) is 36.8 Å². The van der Waals surface area contributed by atoms with Gasteiger partial charge in [0, 0.05) is 26.2 Å². The molecule has 1 rings (SSSR count). The van der Waals surface area contributed by atoms with Gasteiger partial charge in [0.1, 0.15) is 4.47 Å². The highest BCUT2D eigenvalue weighted by Gasteiger charge is 2.09. The summed E-state index contributed by atoms with van der Waals surface area (Å²) in [6, 6.07) is 0.500. The van der Waals surface area contributed by atoms with Crippen molar-refractivity contribution < 1.29 is 4.74 Å². The Hall–Kier alpha value is -0.920. The Balaban J connectivity index is 2.64. The lowest BCUT2D eigenvalue weighted by Gasteiger charge is -2.21. The van der Waals surface area contributed by atoms with Crippen LogP contribution in [0.25, 0.3) is 0 Å². The standard InChI is InChI=1S/C13H23BrN4O2/c1-10(2)17(3)6-5-15-11-9-16-18(7-8-20-4)13(19)12(11)14/h9-10,15H,5-8H2,1-4H3. The first-order valence-electron chi connectivity index (χ1n) is 6.66. The highest BCUT2D eigenvalue weighted by Crippen LogP contribution is 2.15. The molecule has 20 heavy (non-hydrogen) atoms. The number of methoxy groups -OCH3 is 1. The van der Waals surface area contributed by atoms with Gasteiger partial charge < -0.3 is 15.0 Å². The van der Waals surface area contributed by atoms with Gasteiger partial charge in [0.25, 0.3) is 5.56 Å². The molecule has 0 radical (unpaired) electrons. The number of aromatic nitrogens is 2. The van der Waals surface area contributed by atoms with Crippen molar-refractivity contribution in [1.82, 2.24) is 14.7 Å². The molecule has 0 saturated heterocycles. The van der Waals surface area contributed by atoms with Crippen molar-refractivity contribution in [3.63, 3.8) is 0 Å². The Morgan fingerprint density at radius 1 is 1.55 bits per heavy atom. The number of hydrogen-bond acceptors (Lipinski definition) is 5. The molecule has 114 valence electrons. The summed E-state index contributed by atoms with van der Waals surface area (Å²) < 4.78 is 6.85. The molecule has 0 aliphatic carbocycles. The molecule has 0 unspecified atom stereocenters. The van der Waals surface area contributed by atoms with Crippen LogP contribution in [0.15, 0.2) is 15.5 Å². The maximum Gasteiger partial charge on any atom is 0.283 e. The van der Waals surface area contributed by atoms with Gasteiger partial charge in [-0.3, -0.25) is 4.79 Å². The van der Waals surface area contributed by atoms with E-state index in [2.05, 4.69) is 52.1 Å². The van der Waals surface area contributed by atoms with E-state index in [1.54, 1.807) is 13.3 Å². The van der Waals surface area contributed by atoms with Gasteiger partial charge >= 0.3 is 0 Å². The monoisotopic (exact) mass is 346 g/mol. The van der Waals surface area contributed by atoms with E-state index in [4.69, 9.17) is 4.74 Å². The van der Waals surface area contributed by atoms with Gasteiger partial charge in [-0.2, -0.15) is 5.10 Å². The number of halogens is 1. The molecule has 6 nitrogen and oxygen atoms in total. The van der Waals surface area contributed by atoms with Crippen molar-refractivity contribution >= 4 is 21.6 Å². The lowest BCUT2D eigenvalue weighted by Crippen LogP contribution is -2.32. The minimum Gasteiger partial charge on any atom is -0.383 e. The predicted octanol–water partition coefficient (Wildman–Crippen LogP) is 1.40. The second-order valence-corrected chi connectivity index (χ2v) is 5.69. The molecule has 0 fully saturated rings. The molecule has 0 spiro atoms. The summed E-state index contributed by atoms with van der Waals surface area (Å²) >= 11 is 3.33. The van der Waals surface area contributed by atoms with Crippen LogP contribution in [0.4, 0.5) is 5.69 Å². The summed E-state index contributed by atoms with van der Waals surface area (Å²) in [4.78, 5) is 14.3. The molecule has 1 aromatic rings. The molecule has 0 atom stereocenters. The zero-order valence-corrected chi connectivity index (χ0v) is 14.1. The number of ether oxygens (including phenoxy) is 1. The van der Waals surface area contributed by atoms with Gasteiger partial charge in [-0.15, -0.1) is 0 Å². The van der Waals surface area contributed by atoms with Crippen LogP contribution in [0.1, 0.15) is 13.8 Å². The van der Waals surface area contributed by atoms with Crippen LogP contribution >= 0.6 is 15.9 Å². The van der Waals surface area contributed by atoms with Crippen molar-refractivity contribution in [2.24, 2.45) is 0 Å².